The van der Waals surface area contributed by atoms with Crippen molar-refractivity contribution in [2.45, 2.75) is 79.1 Å². The van der Waals surface area contributed by atoms with Crippen LogP contribution in [0.2, 0.25) is 0 Å². The van der Waals surface area contributed by atoms with Gasteiger partial charge in [0.15, 0.2) is 0 Å². The first-order valence-corrected chi connectivity index (χ1v) is 15.3. The third-order valence-electron chi connectivity index (χ3n) is 7.68. The molecule has 0 aliphatic heterocycles. The van der Waals surface area contributed by atoms with E-state index in [1.807, 2.05) is 36.4 Å². The summed E-state index contributed by atoms with van der Waals surface area (Å²) in [5.41, 5.74) is 1.08. The van der Waals surface area contributed by atoms with Crippen molar-refractivity contribution in [2.75, 3.05) is 52.5 Å². The quantitative estimate of drug-likeness (QED) is 0.110. The molecule has 0 N–H and O–H groups in total. The Hall–Kier alpha value is -2.57. The first kappa shape index (κ1) is 31.0. The zero-order chi connectivity index (χ0) is 27.9. The van der Waals surface area contributed by atoms with Gasteiger partial charge in [0, 0.05) is 12.1 Å². The van der Waals surface area contributed by atoms with Crippen molar-refractivity contribution < 1.29 is 13.9 Å². The lowest BCUT2D eigenvalue weighted by Gasteiger charge is -2.17. The van der Waals surface area contributed by atoms with Gasteiger partial charge < -0.3 is 23.7 Å². The highest BCUT2D eigenvalue weighted by atomic mass is 16.5. The van der Waals surface area contributed by atoms with Gasteiger partial charge in [-0.3, -0.25) is 4.79 Å². The summed E-state index contributed by atoms with van der Waals surface area (Å²) in [6, 6.07) is 11.0. The molecule has 1 heterocycles. The second kappa shape index (κ2) is 17.2. The number of unbranched alkanes of at least 4 members (excludes halogenated alkanes) is 6. The van der Waals surface area contributed by atoms with Crippen LogP contribution in [0.4, 0.5) is 0 Å². The Morgan fingerprint density at radius 1 is 0.590 bits per heavy atom. The van der Waals surface area contributed by atoms with Gasteiger partial charge in [-0.25, -0.2) is 0 Å². The molecule has 0 radical (unpaired) electrons. The molecular formula is C33H50N2O4. The highest BCUT2D eigenvalue weighted by Gasteiger charge is 2.10. The van der Waals surface area contributed by atoms with Crippen molar-refractivity contribution in [1.29, 1.82) is 0 Å². The maximum atomic E-state index is 13.1. The van der Waals surface area contributed by atoms with Gasteiger partial charge in [-0.1, -0.05) is 53.4 Å². The molecule has 0 bridgehead atoms. The largest absolute Gasteiger partial charge is 0.493 e. The van der Waals surface area contributed by atoms with Crippen molar-refractivity contribution in [3.8, 4) is 11.5 Å². The maximum Gasteiger partial charge on any atom is 0.200 e. The second-order valence-corrected chi connectivity index (χ2v) is 10.3. The maximum absolute atomic E-state index is 13.1. The molecule has 0 spiro atoms. The Labute approximate surface area is 235 Å². The number of benzene rings is 2. The third-order valence-corrected chi connectivity index (χ3v) is 7.68. The summed E-state index contributed by atoms with van der Waals surface area (Å²) >= 11 is 0. The number of hydrogen-bond acceptors (Lipinski definition) is 6. The van der Waals surface area contributed by atoms with Gasteiger partial charge in [0.1, 0.15) is 22.7 Å². The van der Waals surface area contributed by atoms with Crippen LogP contribution in [0.3, 0.4) is 0 Å². The highest BCUT2D eigenvalue weighted by molar-refractivity contribution is 5.90. The number of nitrogens with zero attached hydrogens (tertiary/aromatic N) is 2. The molecular weight excluding hydrogens is 488 g/mol. The Morgan fingerprint density at radius 3 is 1.41 bits per heavy atom. The fourth-order valence-electron chi connectivity index (χ4n) is 5.03. The molecule has 0 aliphatic rings. The standard InChI is InChI=1S/C33H50N2O4/c1-5-34(6-2)21-13-9-11-15-23-37-27-17-19-29-31(25-27)39-32-26-28(18-20-30(32)33(29)36)38-24-16-12-10-14-22-35(7-3)8-4/h17-20,25-26H,5-16,21-24H2,1-4H3. The van der Waals surface area contributed by atoms with E-state index in [4.69, 9.17) is 13.9 Å². The highest BCUT2D eigenvalue weighted by Crippen LogP contribution is 2.26. The monoisotopic (exact) mass is 538 g/mol. The minimum absolute atomic E-state index is 0.0224. The van der Waals surface area contributed by atoms with Gasteiger partial charge in [-0.15, -0.1) is 0 Å². The predicted molar refractivity (Wildman–Crippen MR) is 163 cm³/mol. The Kier molecular flexibility index (Phi) is 13.6. The molecule has 0 atom stereocenters. The fraction of sp³-hybridized carbons (Fsp3) is 0.606. The molecule has 3 rings (SSSR count). The molecule has 1 aromatic heterocycles. The molecule has 0 saturated heterocycles. The number of hydrogen-bond donors (Lipinski definition) is 0. The summed E-state index contributed by atoms with van der Waals surface area (Å²) < 4.78 is 18.1. The van der Waals surface area contributed by atoms with E-state index in [9.17, 15) is 4.79 Å². The van der Waals surface area contributed by atoms with Crippen LogP contribution in [0.15, 0.2) is 45.6 Å². The fourth-order valence-corrected chi connectivity index (χ4v) is 5.03. The van der Waals surface area contributed by atoms with E-state index >= 15 is 0 Å². The van der Waals surface area contributed by atoms with Gasteiger partial charge in [0.25, 0.3) is 0 Å². The van der Waals surface area contributed by atoms with Crippen molar-refractivity contribution in [3.05, 3.63) is 46.6 Å². The summed E-state index contributed by atoms with van der Waals surface area (Å²) in [7, 11) is 0. The van der Waals surface area contributed by atoms with Crippen LogP contribution in [-0.2, 0) is 0 Å². The van der Waals surface area contributed by atoms with Crippen LogP contribution in [0.25, 0.3) is 21.9 Å². The summed E-state index contributed by atoms with van der Waals surface area (Å²) in [5.74, 6) is 1.48. The Morgan fingerprint density at radius 2 is 1.00 bits per heavy atom. The van der Waals surface area contributed by atoms with Gasteiger partial charge in [-0.2, -0.15) is 0 Å². The average molecular weight is 539 g/mol. The van der Waals surface area contributed by atoms with Crippen molar-refractivity contribution >= 4 is 21.9 Å². The SMILES string of the molecule is CCN(CC)CCCCCCOc1ccc2c(=O)c3ccc(OCCCCCCN(CC)CC)cc3oc2c1. The number of ether oxygens (including phenoxy) is 2. The molecule has 0 saturated carbocycles. The van der Waals surface area contributed by atoms with E-state index in [0.717, 1.165) is 63.4 Å². The topological polar surface area (TPSA) is 55.1 Å². The predicted octanol–water partition coefficient (Wildman–Crippen LogP) is 7.51. The number of fused-ring (bicyclic) bond motifs is 2. The zero-order valence-electron chi connectivity index (χ0n) is 24.8. The minimum atomic E-state index is -0.0224. The number of rotatable bonds is 20. The van der Waals surface area contributed by atoms with Gasteiger partial charge in [0.05, 0.1) is 24.0 Å². The molecule has 3 aromatic rings. The molecule has 0 fully saturated rings. The van der Waals surface area contributed by atoms with E-state index in [1.54, 1.807) is 0 Å². The first-order valence-electron chi connectivity index (χ1n) is 15.3. The average Bonchev–Trinajstić information content (AvgIpc) is 2.96. The van der Waals surface area contributed by atoms with Gasteiger partial charge in [0.2, 0.25) is 5.43 Å². The van der Waals surface area contributed by atoms with E-state index in [1.165, 1.54) is 38.8 Å². The zero-order valence-corrected chi connectivity index (χ0v) is 24.8. The summed E-state index contributed by atoms with van der Waals surface area (Å²) in [6.45, 7) is 17.1. The second-order valence-electron chi connectivity index (χ2n) is 10.3. The van der Waals surface area contributed by atoms with Crippen LogP contribution in [0, 0.1) is 0 Å². The van der Waals surface area contributed by atoms with Gasteiger partial charge >= 0.3 is 0 Å². The Balaban J connectivity index is 1.48. The molecule has 6 heteroatoms. The lowest BCUT2D eigenvalue weighted by atomic mass is 10.1. The first-order chi connectivity index (χ1) is 19.1. The van der Waals surface area contributed by atoms with Crippen LogP contribution in [0.5, 0.6) is 11.5 Å². The van der Waals surface area contributed by atoms with Crippen molar-refractivity contribution in [3.63, 3.8) is 0 Å². The van der Waals surface area contributed by atoms with Crippen LogP contribution in [-0.4, -0.2) is 62.3 Å². The lowest BCUT2D eigenvalue weighted by molar-refractivity contribution is 0.284. The smallest absolute Gasteiger partial charge is 0.200 e. The normalized spacial score (nSPS) is 11.7. The molecule has 0 aliphatic carbocycles. The van der Waals surface area contributed by atoms with Gasteiger partial charge in [-0.05, 0) is 89.2 Å². The molecule has 39 heavy (non-hydrogen) atoms. The van der Waals surface area contributed by atoms with E-state index < -0.39 is 0 Å². The Bertz CT molecular complexity index is 1080. The summed E-state index contributed by atoms with van der Waals surface area (Å²) in [5, 5.41) is 1.15. The van der Waals surface area contributed by atoms with Crippen LogP contribution >= 0.6 is 0 Å². The van der Waals surface area contributed by atoms with Crippen molar-refractivity contribution in [2.24, 2.45) is 0 Å². The summed E-state index contributed by atoms with van der Waals surface area (Å²) in [4.78, 5) is 18.0. The minimum Gasteiger partial charge on any atom is -0.493 e. The van der Waals surface area contributed by atoms with Crippen LogP contribution < -0.4 is 14.9 Å². The lowest BCUT2D eigenvalue weighted by Crippen LogP contribution is -2.23. The summed E-state index contributed by atoms with van der Waals surface area (Å²) in [6.07, 6.45) is 9.28. The molecule has 216 valence electrons. The molecule has 0 amide bonds. The molecule has 6 nitrogen and oxygen atoms in total. The van der Waals surface area contributed by atoms with E-state index in [2.05, 4.69) is 37.5 Å². The van der Waals surface area contributed by atoms with Crippen LogP contribution in [0.1, 0.15) is 79.1 Å². The van der Waals surface area contributed by atoms with E-state index in [0.29, 0.717) is 35.2 Å². The van der Waals surface area contributed by atoms with Crippen molar-refractivity contribution in [1.82, 2.24) is 9.80 Å². The molecule has 0 unspecified atom stereocenters. The third kappa shape index (κ3) is 9.84. The molecule has 2 aromatic carbocycles. The van der Waals surface area contributed by atoms with E-state index in [-0.39, 0.29) is 5.43 Å².